The van der Waals surface area contributed by atoms with Gasteiger partial charge in [-0.2, -0.15) is 0 Å². The first-order valence-corrected chi connectivity index (χ1v) is 3.40. The van der Waals surface area contributed by atoms with Crippen molar-refractivity contribution in [3.8, 4) is 0 Å². The lowest BCUT2D eigenvalue weighted by Crippen LogP contribution is -2.42. The van der Waals surface area contributed by atoms with Gasteiger partial charge in [0, 0.05) is 0 Å². The molecule has 0 aliphatic rings. The van der Waals surface area contributed by atoms with Crippen LogP contribution in [0.15, 0.2) is 12.2 Å². The van der Waals surface area contributed by atoms with Crippen molar-refractivity contribution in [2.24, 2.45) is 11.5 Å². The summed E-state index contributed by atoms with van der Waals surface area (Å²) >= 11 is 0. The smallest absolute Gasteiger partial charge is 0.327 e. The average Bonchev–Trinajstić information content (AvgIpc) is 1.88. The molecular formula is C7H14N2O2. The molecule has 0 aliphatic heterocycles. The average molecular weight is 158 g/mol. The van der Waals surface area contributed by atoms with Gasteiger partial charge in [-0.05, 0) is 19.9 Å². The van der Waals surface area contributed by atoms with Gasteiger partial charge in [0.15, 0.2) is 0 Å². The van der Waals surface area contributed by atoms with Gasteiger partial charge in [0.25, 0.3) is 0 Å². The number of rotatable bonds is 4. The van der Waals surface area contributed by atoms with Crippen molar-refractivity contribution in [3.05, 3.63) is 12.2 Å². The molecule has 0 bridgehead atoms. The fourth-order valence-corrected chi connectivity index (χ4v) is 0.496. The molecule has 0 aromatic heterocycles. The Morgan fingerprint density at radius 3 is 2.64 bits per heavy atom. The first-order valence-electron chi connectivity index (χ1n) is 3.40. The summed E-state index contributed by atoms with van der Waals surface area (Å²) in [5, 5.41) is 8.53. The Balaban J connectivity index is 4.00. The van der Waals surface area contributed by atoms with Gasteiger partial charge in [-0.15, -0.1) is 0 Å². The van der Waals surface area contributed by atoms with Crippen molar-refractivity contribution in [2.45, 2.75) is 18.9 Å². The van der Waals surface area contributed by atoms with Gasteiger partial charge >= 0.3 is 5.97 Å². The third kappa shape index (κ3) is 3.75. The third-order valence-electron chi connectivity index (χ3n) is 1.26. The molecule has 0 aromatic rings. The highest BCUT2D eigenvalue weighted by molar-refractivity contribution is 5.80. The molecule has 4 nitrogen and oxygen atoms in total. The highest BCUT2D eigenvalue weighted by atomic mass is 16.4. The van der Waals surface area contributed by atoms with Crippen LogP contribution in [0, 0.1) is 0 Å². The van der Waals surface area contributed by atoms with E-state index in [2.05, 4.69) is 0 Å². The van der Waals surface area contributed by atoms with E-state index in [0.717, 1.165) is 0 Å². The summed E-state index contributed by atoms with van der Waals surface area (Å²) in [5.74, 6) is -1.04. The summed E-state index contributed by atoms with van der Waals surface area (Å²) in [5.41, 5.74) is 9.30. The second-order valence-corrected chi connectivity index (χ2v) is 2.57. The molecule has 0 rings (SSSR count). The van der Waals surface area contributed by atoms with Crippen molar-refractivity contribution >= 4 is 5.97 Å². The molecule has 0 heterocycles. The second-order valence-electron chi connectivity index (χ2n) is 2.57. The SMILES string of the molecule is CC(N)(/C=C/CCN)C(=O)O. The zero-order valence-corrected chi connectivity index (χ0v) is 6.58. The number of carbonyl (C=O) groups is 1. The molecule has 0 radical (unpaired) electrons. The summed E-state index contributed by atoms with van der Waals surface area (Å²) in [6.07, 6.45) is 3.77. The summed E-state index contributed by atoms with van der Waals surface area (Å²) in [6, 6.07) is 0. The monoisotopic (exact) mass is 158 g/mol. The Bertz CT molecular complexity index is 164. The standard InChI is InChI=1S/C7H14N2O2/c1-7(9,6(10)11)4-2-3-5-8/h2,4H,3,5,8-9H2,1H3,(H,10,11)/b4-2+. The van der Waals surface area contributed by atoms with Gasteiger partial charge in [0.05, 0.1) is 0 Å². The van der Waals surface area contributed by atoms with Crippen molar-refractivity contribution in [1.29, 1.82) is 0 Å². The molecule has 0 spiro atoms. The first-order chi connectivity index (χ1) is 5.00. The molecule has 1 unspecified atom stereocenters. The van der Waals surface area contributed by atoms with Crippen LogP contribution in [0.4, 0.5) is 0 Å². The van der Waals surface area contributed by atoms with Crippen molar-refractivity contribution < 1.29 is 9.90 Å². The van der Waals surface area contributed by atoms with Gasteiger partial charge in [-0.25, -0.2) is 4.79 Å². The second kappa shape index (κ2) is 4.10. The topological polar surface area (TPSA) is 89.3 Å². The van der Waals surface area contributed by atoms with Crippen LogP contribution < -0.4 is 11.5 Å². The third-order valence-corrected chi connectivity index (χ3v) is 1.26. The Hall–Kier alpha value is -0.870. The van der Waals surface area contributed by atoms with Crippen LogP contribution in [-0.2, 0) is 4.79 Å². The maximum absolute atomic E-state index is 10.4. The summed E-state index contributed by atoms with van der Waals surface area (Å²) in [7, 11) is 0. The number of hydrogen-bond acceptors (Lipinski definition) is 3. The Kier molecular flexibility index (Phi) is 3.78. The summed E-state index contributed by atoms with van der Waals surface area (Å²) < 4.78 is 0. The van der Waals surface area contributed by atoms with E-state index in [1.54, 1.807) is 6.08 Å². The molecule has 4 heteroatoms. The quantitative estimate of drug-likeness (QED) is 0.490. The highest BCUT2D eigenvalue weighted by Gasteiger charge is 2.23. The van der Waals surface area contributed by atoms with Crippen molar-refractivity contribution in [3.63, 3.8) is 0 Å². The van der Waals surface area contributed by atoms with Crippen LogP contribution >= 0.6 is 0 Å². The maximum Gasteiger partial charge on any atom is 0.327 e. The molecule has 0 fully saturated rings. The van der Waals surface area contributed by atoms with E-state index in [4.69, 9.17) is 16.6 Å². The maximum atomic E-state index is 10.4. The molecule has 5 N–H and O–H groups in total. The van der Waals surface area contributed by atoms with Gasteiger partial charge in [0.2, 0.25) is 0 Å². The van der Waals surface area contributed by atoms with Crippen LogP contribution in [0.2, 0.25) is 0 Å². The fourth-order valence-electron chi connectivity index (χ4n) is 0.496. The lowest BCUT2D eigenvalue weighted by atomic mass is 10.0. The molecule has 0 saturated heterocycles. The van der Waals surface area contributed by atoms with E-state index in [1.165, 1.54) is 13.0 Å². The first kappa shape index (κ1) is 10.1. The van der Waals surface area contributed by atoms with E-state index in [0.29, 0.717) is 13.0 Å². The molecular weight excluding hydrogens is 144 g/mol. The lowest BCUT2D eigenvalue weighted by Gasteiger charge is -2.12. The molecule has 0 aliphatic carbocycles. The molecule has 0 saturated carbocycles. The van der Waals surface area contributed by atoms with Gasteiger partial charge < -0.3 is 16.6 Å². The Labute approximate surface area is 65.9 Å². The number of hydrogen-bond donors (Lipinski definition) is 3. The fraction of sp³-hybridized carbons (Fsp3) is 0.571. The molecule has 0 aromatic carbocycles. The predicted octanol–water partition coefficient (Wildman–Crippen LogP) is -0.307. The highest BCUT2D eigenvalue weighted by Crippen LogP contribution is 2.01. The number of nitrogens with two attached hydrogens (primary N) is 2. The Morgan fingerprint density at radius 1 is 1.73 bits per heavy atom. The largest absolute Gasteiger partial charge is 0.480 e. The van der Waals surface area contributed by atoms with E-state index >= 15 is 0 Å². The van der Waals surface area contributed by atoms with Gasteiger partial charge in [0.1, 0.15) is 5.54 Å². The zero-order chi connectivity index (χ0) is 8.91. The minimum Gasteiger partial charge on any atom is -0.480 e. The molecule has 11 heavy (non-hydrogen) atoms. The van der Waals surface area contributed by atoms with Gasteiger partial charge in [-0.1, -0.05) is 12.2 Å². The number of aliphatic carboxylic acids is 1. The lowest BCUT2D eigenvalue weighted by molar-refractivity contribution is -0.140. The molecule has 1 atom stereocenters. The van der Waals surface area contributed by atoms with Gasteiger partial charge in [-0.3, -0.25) is 0 Å². The van der Waals surface area contributed by atoms with E-state index in [1.807, 2.05) is 0 Å². The zero-order valence-electron chi connectivity index (χ0n) is 6.58. The normalized spacial score (nSPS) is 16.6. The Morgan fingerprint density at radius 2 is 2.27 bits per heavy atom. The molecule has 64 valence electrons. The van der Waals surface area contributed by atoms with E-state index < -0.39 is 11.5 Å². The van der Waals surface area contributed by atoms with Crippen LogP contribution in [0.25, 0.3) is 0 Å². The predicted molar refractivity (Wildman–Crippen MR) is 43.0 cm³/mol. The number of carboxylic acid groups (broad SMARTS) is 1. The number of carboxylic acids is 1. The van der Waals surface area contributed by atoms with Crippen molar-refractivity contribution in [1.82, 2.24) is 0 Å². The van der Waals surface area contributed by atoms with E-state index in [-0.39, 0.29) is 0 Å². The van der Waals surface area contributed by atoms with Crippen molar-refractivity contribution in [2.75, 3.05) is 6.54 Å². The minimum atomic E-state index is -1.27. The summed E-state index contributed by atoms with van der Waals surface area (Å²) in [4.78, 5) is 10.4. The van der Waals surface area contributed by atoms with Crippen LogP contribution in [0.5, 0.6) is 0 Å². The molecule has 0 amide bonds. The minimum absolute atomic E-state index is 0.506. The van der Waals surface area contributed by atoms with E-state index in [9.17, 15) is 4.79 Å². The summed E-state index contributed by atoms with van der Waals surface area (Å²) in [6.45, 7) is 1.94. The van der Waals surface area contributed by atoms with Crippen LogP contribution in [0.1, 0.15) is 13.3 Å². The van der Waals surface area contributed by atoms with Crippen LogP contribution in [0.3, 0.4) is 0 Å². The van der Waals surface area contributed by atoms with Crippen LogP contribution in [-0.4, -0.2) is 23.2 Å².